The van der Waals surface area contributed by atoms with E-state index in [1.54, 1.807) is 36.4 Å². The molecule has 1 fully saturated rings. The fraction of sp³-hybridized carbons (Fsp3) is 0.526. The van der Waals surface area contributed by atoms with Gasteiger partial charge in [0.2, 0.25) is 0 Å². The van der Waals surface area contributed by atoms with Gasteiger partial charge in [0.15, 0.2) is 6.04 Å². The highest BCUT2D eigenvalue weighted by Crippen LogP contribution is 2.41. The van der Waals surface area contributed by atoms with Crippen LogP contribution in [0.1, 0.15) is 59.9 Å². The monoisotopic (exact) mass is 393 g/mol. The number of hydrogen-bond donors (Lipinski definition) is 1. The van der Waals surface area contributed by atoms with Gasteiger partial charge in [-0.2, -0.15) is 18.3 Å². The Bertz CT molecular complexity index is 894. The number of anilines is 1. The van der Waals surface area contributed by atoms with Gasteiger partial charge < -0.3 is 10.2 Å². The third-order valence-electron chi connectivity index (χ3n) is 5.50. The Morgan fingerprint density at radius 1 is 1.36 bits per heavy atom. The summed E-state index contributed by atoms with van der Waals surface area (Å²) in [5.74, 6) is 0.220. The topological polar surface area (TPSA) is 63.1 Å². The Kier molecular flexibility index (Phi) is 4.55. The molecule has 4 heterocycles. The van der Waals surface area contributed by atoms with Crippen LogP contribution in [0.4, 0.5) is 19.0 Å². The number of amides is 1. The van der Waals surface area contributed by atoms with E-state index >= 15 is 0 Å². The zero-order chi connectivity index (χ0) is 20.1. The van der Waals surface area contributed by atoms with Crippen LogP contribution in [0.25, 0.3) is 0 Å². The van der Waals surface area contributed by atoms with Crippen LogP contribution < -0.4 is 5.32 Å². The van der Waals surface area contributed by atoms with E-state index in [1.165, 1.54) is 0 Å². The Hall–Kier alpha value is -2.58. The third kappa shape index (κ3) is 3.22. The van der Waals surface area contributed by atoms with Crippen LogP contribution in [-0.2, 0) is 0 Å². The average Bonchev–Trinajstić information content (AvgIpc) is 3.26. The van der Waals surface area contributed by atoms with Crippen LogP contribution in [-0.4, -0.2) is 44.3 Å². The summed E-state index contributed by atoms with van der Waals surface area (Å²) in [6.07, 6.45) is 0.232. The number of carbonyl (C=O) groups excluding carboxylic acids is 1. The molecule has 1 N–H and O–H groups in total. The van der Waals surface area contributed by atoms with E-state index in [1.807, 2.05) is 6.92 Å². The van der Waals surface area contributed by atoms with E-state index in [4.69, 9.17) is 0 Å². The molecule has 0 unspecified atom stereocenters. The Balaban J connectivity index is 1.66. The number of carbonyl (C=O) groups is 1. The first kappa shape index (κ1) is 18.8. The van der Waals surface area contributed by atoms with E-state index < -0.39 is 12.2 Å². The molecule has 2 aliphatic rings. The fourth-order valence-corrected chi connectivity index (χ4v) is 4.13. The van der Waals surface area contributed by atoms with Gasteiger partial charge in [-0.05, 0) is 44.7 Å². The van der Waals surface area contributed by atoms with E-state index in [-0.39, 0.29) is 24.4 Å². The van der Waals surface area contributed by atoms with Crippen LogP contribution >= 0.6 is 0 Å². The van der Waals surface area contributed by atoms with Gasteiger partial charge in [0, 0.05) is 36.6 Å². The molecule has 0 aromatic carbocycles. The number of aryl methyl sites for hydroxylation is 1. The molecule has 1 amide bonds. The molecule has 0 aliphatic carbocycles. The maximum Gasteiger partial charge on any atom is 0.410 e. The molecule has 2 aromatic rings. The summed E-state index contributed by atoms with van der Waals surface area (Å²) in [7, 11) is 0. The zero-order valence-corrected chi connectivity index (χ0v) is 15.7. The molecular weight excluding hydrogens is 371 g/mol. The Labute approximate surface area is 160 Å². The molecule has 150 valence electrons. The van der Waals surface area contributed by atoms with Crippen LogP contribution in [0.5, 0.6) is 0 Å². The highest BCUT2D eigenvalue weighted by molar-refractivity contribution is 5.95. The number of pyridine rings is 1. The second kappa shape index (κ2) is 6.79. The molecule has 6 nitrogen and oxygen atoms in total. The van der Waals surface area contributed by atoms with Crippen molar-refractivity contribution in [1.29, 1.82) is 0 Å². The summed E-state index contributed by atoms with van der Waals surface area (Å²) in [5.41, 5.74) is 1.84. The van der Waals surface area contributed by atoms with E-state index in [0.29, 0.717) is 30.0 Å². The molecule has 0 spiro atoms. The molecule has 0 saturated carbocycles. The van der Waals surface area contributed by atoms with Crippen molar-refractivity contribution in [3.05, 3.63) is 41.3 Å². The lowest BCUT2D eigenvalue weighted by Gasteiger charge is -2.31. The number of halogens is 3. The Morgan fingerprint density at radius 2 is 2.14 bits per heavy atom. The molecule has 2 aliphatic heterocycles. The van der Waals surface area contributed by atoms with Crippen LogP contribution in [0.3, 0.4) is 0 Å². The summed E-state index contributed by atoms with van der Waals surface area (Å²) in [5, 5.41) is 7.37. The zero-order valence-electron chi connectivity index (χ0n) is 15.7. The van der Waals surface area contributed by atoms with E-state index in [0.717, 1.165) is 16.7 Å². The van der Waals surface area contributed by atoms with Crippen LogP contribution in [0.15, 0.2) is 24.5 Å². The van der Waals surface area contributed by atoms with Crippen LogP contribution in [0, 0.1) is 6.92 Å². The van der Waals surface area contributed by atoms with Gasteiger partial charge >= 0.3 is 6.18 Å². The SMILES string of the molecule is Cc1cnccc1C(=O)N1CCC[C@H]1c1cc2n(n1)[C@@H](C(F)(F)F)C[C@@H](C)N2. The first-order valence-corrected chi connectivity index (χ1v) is 9.40. The second-order valence-electron chi connectivity index (χ2n) is 7.58. The largest absolute Gasteiger partial charge is 0.410 e. The lowest BCUT2D eigenvalue weighted by atomic mass is 10.1. The Morgan fingerprint density at radius 3 is 2.86 bits per heavy atom. The summed E-state index contributed by atoms with van der Waals surface area (Å²) < 4.78 is 41.5. The first-order valence-electron chi connectivity index (χ1n) is 9.40. The quantitative estimate of drug-likeness (QED) is 0.841. The molecule has 0 radical (unpaired) electrons. The van der Waals surface area contributed by atoms with Gasteiger partial charge in [-0.3, -0.25) is 9.78 Å². The molecule has 2 aromatic heterocycles. The highest BCUT2D eigenvalue weighted by Gasteiger charge is 2.46. The third-order valence-corrected chi connectivity index (χ3v) is 5.50. The lowest BCUT2D eigenvalue weighted by molar-refractivity contribution is -0.173. The maximum absolute atomic E-state index is 13.5. The van der Waals surface area contributed by atoms with E-state index in [2.05, 4.69) is 15.4 Å². The number of aromatic nitrogens is 3. The molecule has 3 atom stereocenters. The predicted molar refractivity (Wildman–Crippen MR) is 97.0 cm³/mol. The lowest BCUT2D eigenvalue weighted by Crippen LogP contribution is -2.38. The standard InChI is InChI=1S/C19H22F3N5O/c1-11-10-23-6-5-13(11)18(28)26-7-3-4-15(26)14-9-17-24-12(2)8-16(19(20,21)22)27(17)25-14/h5-6,9-10,12,15-16,24H,3-4,7-8H2,1-2H3/t12-,15+,16-/m1/s1. The van der Waals surface area contributed by atoms with Crippen molar-refractivity contribution in [2.75, 3.05) is 11.9 Å². The van der Waals surface area contributed by atoms with Gasteiger partial charge in [-0.1, -0.05) is 0 Å². The second-order valence-corrected chi connectivity index (χ2v) is 7.58. The van der Waals surface area contributed by atoms with Gasteiger partial charge in [0.1, 0.15) is 5.82 Å². The minimum Gasteiger partial charge on any atom is -0.368 e. The minimum absolute atomic E-state index is 0.0683. The number of nitrogens with zero attached hydrogens (tertiary/aromatic N) is 4. The van der Waals surface area contributed by atoms with Crippen molar-refractivity contribution in [1.82, 2.24) is 19.7 Å². The molecule has 1 saturated heterocycles. The number of alkyl halides is 3. The summed E-state index contributed by atoms with van der Waals surface area (Å²) in [6, 6.07) is 1.05. The molecule has 0 bridgehead atoms. The van der Waals surface area contributed by atoms with Crippen molar-refractivity contribution in [2.24, 2.45) is 0 Å². The van der Waals surface area contributed by atoms with Gasteiger partial charge in [-0.25, -0.2) is 4.68 Å². The van der Waals surface area contributed by atoms with Crippen LogP contribution in [0.2, 0.25) is 0 Å². The number of nitrogens with one attached hydrogen (secondary N) is 1. The number of fused-ring (bicyclic) bond motifs is 1. The first-order chi connectivity index (χ1) is 13.3. The van der Waals surface area contributed by atoms with Crippen molar-refractivity contribution >= 4 is 11.7 Å². The van der Waals surface area contributed by atoms with Gasteiger partial charge in [0.25, 0.3) is 5.91 Å². The predicted octanol–water partition coefficient (Wildman–Crippen LogP) is 3.87. The number of likely N-dealkylation sites (tertiary alicyclic amines) is 1. The average molecular weight is 393 g/mol. The van der Waals surface area contributed by atoms with E-state index in [9.17, 15) is 18.0 Å². The van der Waals surface area contributed by atoms with Gasteiger partial charge in [0.05, 0.1) is 11.7 Å². The van der Waals surface area contributed by atoms with Gasteiger partial charge in [-0.15, -0.1) is 0 Å². The molecule has 28 heavy (non-hydrogen) atoms. The minimum atomic E-state index is -4.37. The number of rotatable bonds is 2. The molecular formula is C19H22F3N5O. The molecule has 9 heteroatoms. The summed E-state index contributed by atoms with van der Waals surface area (Å²) >= 11 is 0. The van der Waals surface area contributed by atoms with Crippen molar-refractivity contribution in [3.8, 4) is 0 Å². The fourth-order valence-electron chi connectivity index (χ4n) is 4.13. The summed E-state index contributed by atoms with van der Waals surface area (Å²) in [4.78, 5) is 18.8. The van der Waals surface area contributed by atoms with Crippen molar-refractivity contribution in [3.63, 3.8) is 0 Å². The number of hydrogen-bond acceptors (Lipinski definition) is 4. The summed E-state index contributed by atoms with van der Waals surface area (Å²) in [6.45, 7) is 4.10. The highest BCUT2D eigenvalue weighted by atomic mass is 19.4. The normalized spacial score (nSPS) is 24.8. The van der Waals surface area contributed by atoms with Crippen molar-refractivity contribution in [2.45, 2.75) is 57.4 Å². The smallest absolute Gasteiger partial charge is 0.368 e. The van der Waals surface area contributed by atoms with Crippen molar-refractivity contribution < 1.29 is 18.0 Å². The maximum atomic E-state index is 13.5. The molecule has 4 rings (SSSR count).